The van der Waals surface area contributed by atoms with Crippen LogP contribution >= 0.6 is 0 Å². The molecule has 0 spiro atoms. The van der Waals surface area contributed by atoms with Gasteiger partial charge in [-0.25, -0.2) is 0 Å². The first-order valence-corrected chi connectivity index (χ1v) is 9.08. The van der Waals surface area contributed by atoms with Crippen LogP contribution in [0.3, 0.4) is 0 Å². The van der Waals surface area contributed by atoms with E-state index in [1.54, 1.807) is 6.07 Å². The first-order valence-electron chi connectivity index (χ1n) is 9.08. The van der Waals surface area contributed by atoms with Crippen LogP contribution in [0.4, 0.5) is 0 Å². The Hall–Kier alpha value is -2.79. The third-order valence-electron chi connectivity index (χ3n) is 5.21. The van der Waals surface area contributed by atoms with E-state index >= 15 is 0 Å². The topological polar surface area (TPSA) is 77.2 Å². The Morgan fingerprint density at radius 3 is 2.73 bits per heavy atom. The van der Waals surface area contributed by atoms with Crippen LogP contribution in [0, 0.1) is 0 Å². The maximum Gasteiger partial charge on any atom is 0.237 e. The number of hydrogen-bond acceptors (Lipinski definition) is 3. The number of phenols is 1. The number of para-hydroxylation sites is 2. The first-order chi connectivity index (χ1) is 12.7. The number of nitrogens with one attached hydrogen (secondary N) is 3. The number of fused-ring (bicyclic) bond motifs is 1. The summed E-state index contributed by atoms with van der Waals surface area (Å²) in [5.41, 5.74) is 3.18. The van der Waals surface area contributed by atoms with Crippen LogP contribution in [-0.2, 0) is 11.2 Å². The minimum atomic E-state index is -0.331. The highest BCUT2D eigenvalue weighted by atomic mass is 16.3. The number of piperazine rings is 1. The Balaban J connectivity index is 1.62. The summed E-state index contributed by atoms with van der Waals surface area (Å²) in [6.45, 7) is 1.39. The van der Waals surface area contributed by atoms with Gasteiger partial charge >= 0.3 is 0 Å². The quantitative estimate of drug-likeness (QED) is 0.572. The molecule has 2 aromatic carbocycles. The number of amides is 1. The summed E-state index contributed by atoms with van der Waals surface area (Å²) in [5, 5.41) is 17.8. The highest BCUT2D eigenvalue weighted by molar-refractivity contribution is 5.84. The number of carbonyl (C=O) groups excluding carboxylic acids is 1. The molecule has 1 amide bonds. The lowest BCUT2D eigenvalue weighted by atomic mass is 9.84. The fourth-order valence-corrected chi connectivity index (χ4v) is 3.89. The van der Waals surface area contributed by atoms with E-state index in [1.807, 2.05) is 36.5 Å². The average Bonchev–Trinajstić information content (AvgIpc) is 3.08. The number of aromatic nitrogens is 1. The first kappa shape index (κ1) is 16.7. The smallest absolute Gasteiger partial charge is 0.237 e. The van der Waals surface area contributed by atoms with Crippen LogP contribution in [0.25, 0.3) is 10.9 Å². The molecule has 1 aliphatic rings. The third-order valence-corrected chi connectivity index (χ3v) is 5.21. The van der Waals surface area contributed by atoms with Crippen LogP contribution in [0.15, 0.2) is 54.7 Å². The summed E-state index contributed by atoms with van der Waals surface area (Å²) in [5.74, 6) is 0.158. The largest absolute Gasteiger partial charge is 0.508 e. The zero-order chi connectivity index (χ0) is 17.9. The number of aryl methyl sites for hydroxylation is 1. The number of hydrogen-bond donors (Lipinski definition) is 4. The van der Waals surface area contributed by atoms with E-state index in [2.05, 4.69) is 27.8 Å². The molecule has 2 heterocycles. The number of phenolic OH excluding ortho intramolecular Hbond substituents is 1. The SMILES string of the molecule is O=C1NCCN[C@H]1C(CCc1c[nH]c2ccccc12)c1ccccc1O. The molecule has 0 aliphatic carbocycles. The summed E-state index contributed by atoms with van der Waals surface area (Å²) in [7, 11) is 0. The lowest BCUT2D eigenvalue weighted by molar-refractivity contribution is -0.124. The number of H-pyrrole nitrogens is 1. The summed E-state index contributed by atoms with van der Waals surface area (Å²) in [6, 6.07) is 15.2. The lowest BCUT2D eigenvalue weighted by Gasteiger charge is -2.31. The van der Waals surface area contributed by atoms with Gasteiger partial charge in [-0.3, -0.25) is 4.79 Å². The fourth-order valence-electron chi connectivity index (χ4n) is 3.89. The van der Waals surface area contributed by atoms with Gasteiger partial charge in [0.1, 0.15) is 5.75 Å². The molecule has 1 aromatic heterocycles. The predicted molar refractivity (Wildman–Crippen MR) is 102 cm³/mol. The minimum Gasteiger partial charge on any atom is -0.508 e. The molecule has 4 N–H and O–H groups in total. The van der Waals surface area contributed by atoms with Crippen LogP contribution in [0.1, 0.15) is 23.5 Å². The Labute approximate surface area is 152 Å². The Morgan fingerprint density at radius 1 is 1.08 bits per heavy atom. The summed E-state index contributed by atoms with van der Waals surface area (Å²) in [4.78, 5) is 15.7. The molecule has 1 aliphatic heterocycles. The monoisotopic (exact) mass is 349 g/mol. The van der Waals surface area contributed by atoms with E-state index in [1.165, 1.54) is 10.9 Å². The van der Waals surface area contributed by atoms with Gasteiger partial charge in [-0.05, 0) is 36.1 Å². The molecule has 5 nitrogen and oxygen atoms in total. The molecule has 1 unspecified atom stereocenters. The molecule has 3 aromatic rings. The Morgan fingerprint density at radius 2 is 1.88 bits per heavy atom. The fraction of sp³-hybridized carbons (Fsp3) is 0.286. The van der Waals surface area contributed by atoms with Gasteiger partial charge in [0.15, 0.2) is 0 Å². The van der Waals surface area contributed by atoms with Crippen LogP contribution in [0.5, 0.6) is 5.75 Å². The van der Waals surface area contributed by atoms with Crippen molar-refractivity contribution in [3.8, 4) is 5.75 Å². The molecule has 0 radical (unpaired) electrons. The van der Waals surface area contributed by atoms with Crippen molar-refractivity contribution >= 4 is 16.8 Å². The van der Waals surface area contributed by atoms with E-state index in [4.69, 9.17) is 0 Å². The zero-order valence-corrected chi connectivity index (χ0v) is 14.5. The van der Waals surface area contributed by atoms with Crippen LogP contribution < -0.4 is 10.6 Å². The number of benzene rings is 2. The zero-order valence-electron chi connectivity index (χ0n) is 14.5. The molecular weight excluding hydrogens is 326 g/mol. The lowest BCUT2D eigenvalue weighted by Crippen LogP contribution is -2.55. The van der Waals surface area contributed by atoms with Crippen molar-refractivity contribution in [1.82, 2.24) is 15.6 Å². The normalized spacial score (nSPS) is 18.6. The average molecular weight is 349 g/mol. The van der Waals surface area contributed by atoms with Gasteiger partial charge in [0.05, 0.1) is 6.04 Å². The van der Waals surface area contributed by atoms with Crippen molar-refractivity contribution in [2.24, 2.45) is 0 Å². The maximum atomic E-state index is 12.4. The van der Waals surface area contributed by atoms with E-state index < -0.39 is 0 Å². The molecule has 0 saturated carbocycles. The van der Waals surface area contributed by atoms with Gasteiger partial charge < -0.3 is 20.7 Å². The maximum absolute atomic E-state index is 12.4. The van der Waals surface area contributed by atoms with Crippen molar-refractivity contribution in [2.75, 3.05) is 13.1 Å². The van der Waals surface area contributed by atoms with E-state index in [-0.39, 0.29) is 23.6 Å². The van der Waals surface area contributed by atoms with Gasteiger partial charge in [0.2, 0.25) is 5.91 Å². The molecule has 1 fully saturated rings. The summed E-state index contributed by atoms with van der Waals surface area (Å²) < 4.78 is 0. The second kappa shape index (κ2) is 7.22. The van der Waals surface area contributed by atoms with Gasteiger partial charge in [-0.15, -0.1) is 0 Å². The molecule has 5 heteroatoms. The van der Waals surface area contributed by atoms with E-state index in [0.29, 0.717) is 6.54 Å². The predicted octanol–water partition coefficient (Wildman–Crippen LogP) is 2.68. The number of aromatic amines is 1. The molecular formula is C21H23N3O2. The molecule has 4 rings (SSSR count). The van der Waals surface area contributed by atoms with Crippen LogP contribution in [-0.4, -0.2) is 35.1 Å². The van der Waals surface area contributed by atoms with Gasteiger partial charge in [0, 0.05) is 36.1 Å². The number of rotatable bonds is 5. The molecule has 26 heavy (non-hydrogen) atoms. The molecule has 1 saturated heterocycles. The van der Waals surface area contributed by atoms with Crippen molar-refractivity contribution in [3.63, 3.8) is 0 Å². The highest BCUT2D eigenvalue weighted by Gasteiger charge is 2.32. The Bertz CT molecular complexity index is 918. The standard InChI is InChI=1S/C21H23N3O2/c25-19-8-4-2-6-16(19)17(20-21(26)23-12-11-22-20)10-9-14-13-24-18-7-3-1-5-15(14)18/h1-8,13,17,20,22,24-25H,9-12H2,(H,23,26)/t17?,20-/m0/s1. The summed E-state index contributed by atoms with van der Waals surface area (Å²) >= 11 is 0. The molecule has 2 atom stereocenters. The van der Waals surface area contributed by atoms with E-state index in [0.717, 1.165) is 30.5 Å². The number of aromatic hydroxyl groups is 1. The van der Waals surface area contributed by atoms with Crippen LogP contribution in [0.2, 0.25) is 0 Å². The van der Waals surface area contributed by atoms with Crippen molar-refractivity contribution < 1.29 is 9.90 Å². The van der Waals surface area contributed by atoms with Crippen molar-refractivity contribution in [2.45, 2.75) is 24.8 Å². The minimum absolute atomic E-state index is 0.00318. The Kier molecular flexibility index (Phi) is 4.63. The molecule has 0 bridgehead atoms. The second-order valence-corrected chi connectivity index (χ2v) is 6.79. The van der Waals surface area contributed by atoms with E-state index in [9.17, 15) is 9.90 Å². The third kappa shape index (κ3) is 3.18. The van der Waals surface area contributed by atoms with Gasteiger partial charge in [-0.2, -0.15) is 0 Å². The van der Waals surface area contributed by atoms with Gasteiger partial charge in [0.25, 0.3) is 0 Å². The summed E-state index contributed by atoms with van der Waals surface area (Å²) in [6.07, 6.45) is 3.64. The second-order valence-electron chi connectivity index (χ2n) is 6.79. The van der Waals surface area contributed by atoms with Crippen molar-refractivity contribution in [1.29, 1.82) is 0 Å². The van der Waals surface area contributed by atoms with Crippen molar-refractivity contribution in [3.05, 3.63) is 65.9 Å². The number of carbonyl (C=O) groups is 1. The highest BCUT2D eigenvalue weighted by Crippen LogP contribution is 2.33. The molecule has 134 valence electrons. The van der Waals surface area contributed by atoms with Gasteiger partial charge in [-0.1, -0.05) is 36.4 Å².